The van der Waals surface area contributed by atoms with E-state index in [-0.39, 0.29) is 0 Å². The Kier molecular flexibility index (Phi) is 6.43. The first-order valence-electron chi connectivity index (χ1n) is 6.03. The molecule has 1 rings (SSSR count). The Morgan fingerprint density at radius 3 is 3.00 bits per heavy atom. The first kappa shape index (κ1) is 13.5. The molecule has 1 aromatic heterocycles. The van der Waals surface area contributed by atoms with Crippen molar-refractivity contribution < 1.29 is 0 Å². The number of hydrogen-bond acceptors (Lipinski definition) is 2. The number of rotatable bonds is 7. The zero-order valence-electron chi connectivity index (χ0n) is 10.2. The van der Waals surface area contributed by atoms with Crippen molar-refractivity contribution in [1.29, 1.82) is 0 Å². The maximum Gasteiger partial charge on any atom is 0.0621 e. The molecular weight excluding hydrogens is 220 g/mol. The lowest BCUT2D eigenvalue weighted by molar-refractivity contribution is 0.481. The lowest BCUT2D eigenvalue weighted by Crippen LogP contribution is -2.22. The van der Waals surface area contributed by atoms with Crippen molar-refractivity contribution in [3.8, 4) is 0 Å². The highest BCUT2D eigenvalue weighted by Crippen LogP contribution is 2.17. The van der Waals surface area contributed by atoms with E-state index in [9.17, 15) is 0 Å². The van der Waals surface area contributed by atoms with Gasteiger partial charge in [0.15, 0.2) is 0 Å². The lowest BCUT2D eigenvalue weighted by Gasteiger charge is -2.12. The van der Waals surface area contributed by atoms with Crippen molar-refractivity contribution >= 4 is 11.6 Å². The van der Waals surface area contributed by atoms with Gasteiger partial charge in [-0.25, -0.2) is 0 Å². The quantitative estimate of drug-likeness (QED) is 0.740. The number of nitrogens with one attached hydrogen (secondary N) is 1. The van der Waals surface area contributed by atoms with Gasteiger partial charge in [0.1, 0.15) is 0 Å². The second-order valence-electron chi connectivity index (χ2n) is 4.32. The molecular formula is C13H21ClN2. The van der Waals surface area contributed by atoms with Gasteiger partial charge in [0.2, 0.25) is 0 Å². The molecule has 1 atom stereocenters. The molecule has 0 bridgehead atoms. The zero-order valence-corrected chi connectivity index (χ0v) is 10.9. The van der Waals surface area contributed by atoms with Crippen LogP contribution < -0.4 is 5.32 Å². The molecule has 0 saturated heterocycles. The van der Waals surface area contributed by atoms with Crippen LogP contribution in [-0.4, -0.2) is 18.1 Å². The van der Waals surface area contributed by atoms with Crippen molar-refractivity contribution in [2.75, 3.05) is 13.1 Å². The molecule has 0 spiro atoms. The third kappa shape index (κ3) is 4.95. The van der Waals surface area contributed by atoms with Crippen molar-refractivity contribution in [3.63, 3.8) is 0 Å². The third-order valence-electron chi connectivity index (χ3n) is 2.68. The number of nitrogens with zero attached hydrogens (tertiary/aromatic N) is 1. The SMILES string of the molecule is CCCNCC(C)CCc1ccncc1Cl. The van der Waals surface area contributed by atoms with E-state index in [0.717, 1.165) is 24.5 Å². The summed E-state index contributed by atoms with van der Waals surface area (Å²) in [7, 11) is 0. The summed E-state index contributed by atoms with van der Waals surface area (Å²) in [6.07, 6.45) is 6.93. The van der Waals surface area contributed by atoms with Crippen LogP contribution in [0.5, 0.6) is 0 Å². The molecule has 0 radical (unpaired) electrons. The molecule has 0 aromatic carbocycles. The van der Waals surface area contributed by atoms with Gasteiger partial charge in [0.25, 0.3) is 0 Å². The minimum absolute atomic E-state index is 0.691. The second-order valence-corrected chi connectivity index (χ2v) is 4.72. The average Bonchev–Trinajstić information content (AvgIpc) is 2.28. The highest BCUT2D eigenvalue weighted by molar-refractivity contribution is 6.31. The van der Waals surface area contributed by atoms with Crippen LogP contribution in [0.25, 0.3) is 0 Å². The molecule has 0 aliphatic carbocycles. The minimum Gasteiger partial charge on any atom is -0.316 e. The summed E-state index contributed by atoms with van der Waals surface area (Å²) >= 11 is 6.06. The molecule has 16 heavy (non-hydrogen) atoms. The Balaban J connectivity index is 2.26. The normalized spacial score (nSPS) is 12.7. The molecule has 1 aromatic rings. The van der Waals surface area contributed by atoms with E-state index < -0.39 is 0 Å². The smallest absolute Gasteiger partial charge is 0.0621 e. The first-order valence-corrected chi connectivity index (χ1v) is 6.41. The fraction of sp³-hybridized carbons (Fsp3) is 0.615. The van der Waals surface area contributed by atoms with Crippen molar-refractivity contribution in [1.82, 2.24) is 10.3 Å². The molecule has 0 aliphatic heterocycles. The van der Waals surface area contributed by atoms with E-state index in [2.05, 4.69) is 24.1 Å². The predicted octanol–water partition coefficient (Wildman–Crippen LogP) is 3.30. The maximum atomic E-state index is 6.06. The summed E-state index contributed by atoms with van der Waals surface area (Å²) in [5.41, 5.74) is 1.21. The van der Waals surface area contributed by atoms with E-state index in [4.69, 9.17) is 11.6 Å². The van der Waals surface area contributed by atoms with Crippen LogP contribution in [0.15, 0.2) is 18.5 Å². The van der Waals surface area contributed by atoms with E-state index in [1.54, 1.807) is 12.4 Å². The number of hydrogen-bond donors (Lipinski definition) is 1. The van der Waals surface area contributed by atoms with E-state index in [1.807, 2.05) is 6.07 Å². The third-order valence-corrected chi connectivity index (χ3v) is 3.02. The van der Waals surface area contributed by atoms with Crippen LogP contribution in [0.3, 0.4) is 0 Å². The van der Waals surface area contributed by atoms with Crippen LogP contribution in [0.4, 0.5) is 0 Å². The van der Waals surface area contributed by atoms with Gasteiger partial charge in [-0.2, -0.15) is 0 Å². The summed E-state index contributed by atoms with van der Waals surface area (Å²) in [5.74, 6) is 0.691. The van der Waals surface area contributed by atoms with Crippen LogP contribution >= 0.6 is 11.6 Å². The van der Waals surface area contributed by atoms with Gasteiger partial charge in [-0.15, -0.1) is 0 Å². The Morgan fingerprint density at radius 1 is 1.50 bits per heavy atom. The summed E-state index contributed by atoms with van der Waals surface area (Å²) in [6.45, 7) is 6.67. The molecule has 0 fully saturated rings. The summed E-state index contributed by atoms with van der Waals surface area (Å²) in [5, 5.41) is 4.23. The van der Waals surface area contributed by atoms with Crippen LogP contribution in [0, 0.1) is 5.92 Å². The molecule has 90 valence electrons. The molecule has 1 N–H and O–H groups in total. The predicted molar refractivity (Wildman–Crippen MR) is 69.9 cm³/mol. The van der Waals surface area contributed by atoms with Gasteiger partial charge in [-0.3, -0.25) is 4.98 Å². The van der Waals surface area contributed by atoms with E-state index >= 15 is 0 Å². The maximum absolute atomic E-state index is 6.06. The van der Waals surface area contributed by atoms with Crippen LogP contribution in [0.2, 0.25) is 5.02 Å². The molecule has 0 aliphatic rings. The summed E-state index contributed by atoms with van der Waals surface area (Å²) < 4.78 is 0. The first-order chi connectivity index (χ1) is 7.74. The zero-order chi connectivity index (χ0) is 11.8. The van der Waals surface area contributed by atoms with Gasteiger partial charge < -0.3 is 5.32 Å². The van der Waals surface area contributed by atoms with E-state index in [0.29, 0.717) is 5.92 Å². The fourth-order valence-electron chi connectivity index (χ4n) is 1.64. The van der Waals surface area contributed by atoms with Crippen molar-refractivity contribution in [2.45, 2.75) is 33.1 Å². The van der Waals surface area contributed by atoms with E-state index in [1.165, 1.54) is 18.4 Å². The molecule has 0 saturated carbocycles. The minimum atomic E-state index is 0.691. The Morgan fingerprint density at radius 2 is 2.31 bits per heavy atom. The van der Waals surface area contributed by atoms with Crippen LogP contribution in [0.1, 0.15) is 32.3 Å². The average molecular weight is 241 g/mol. The topological polar surface area (TPSA) is 24.9 Å². The highest BCUT2D eigenvalue weighted by atomic mass is 35.5. The van der Waals surface area contributed by atoms with Crippen molar-refractivity contribution in [3.05, 3.63) is 29.0 Å². The van der Waals surface area contributed by atoms with Gasteiger partial charge in [-0.05, 0) is 49.9 Å². The Hall–Kier alpha value is -0.600. The standard InChI is InChI=1S/C13H21ClN2/c1-3-7-15-9-11(2)4-5-12-6-8-16-10-13(12)14/h6,8,10-11,15H,3-5,7,9H2,1-2H3. The van der Waals surface area contributed by atoms with Gasteiger partial charge in [0.05, 0.1) is 5.02 Å². The molecule has 1 heterocycles. The number of halogens is 1. The molecule has 1 unspecified atom stereocenters. The summed E-state index contributed by atoms with van der Waals surface area (Å²) in [4.78, 5) is 3.99. The molecule has 3 heteroatoms. The largest absolute Gasteiger partial charge is 0.316 e. The number of pyridine rings is 1. The highest BCUT2D eigenvalue weighted by Gasteiger charge is 2.04. The van der Waals surface area contributed by atoms with Gasteiger partial charge in [-0.1, -0.05) is 25.4 Å². The van der Waals surface area contributed by atoms with Gasteiger partial charge in [0, 0.05) is 12.4 Å². The molecule has 2 nitrogen and oxygen atoms in total. The summed E-state index contributed by atoms with van der Waals surface area (Å²) in [6, 6.07) is 2.01. The fourth-order valence-corrected chi connectivity index (χ4v) is 1.85. The number of aromatic nitrogens is 1. The monoisotopic (exact) mass is 240 g/mol. The second kappa shape index (κ2) is 7.64. The number of aryl methyl sites for hydroxylation is 1. The molecule has 0 amide bonds. The van der Waals surface area contributed by atoms with Gasteiger partial charge >= 0.3 is 0 Å². The Labute approximate surface area is 103 Å². The van der Waals surface area contributed by atoms with Crippen molar-refractivity contribution in [2.24, 2.45) is 5.92 Å². The Bertz CT molecular complexity index is 302. The van der Waals surface area contributed by atoms with Crippen LogP contribution in [-0.2, 0) is 6.42 Å². The lowest BCUT2D eigenvalue weighted by atomic mass is 10.0.